The van der Waals surface area contributed by atoms with E-state index in [1.807, 2.05) is 59.5 Å². The molecule has 0 radical (unpaired) electrons. The smallest absolute Gasteiger partial charge is 0.385 e. The minimum absolute atomic E-state index is 0.397. The summed E-state index contributed by atoms with van der Waals surface area (Å²) in [6.07, 6.45) is 4.98. The summed E-state index contributed by atoms with van der Waals surface area (Å²) in [5.74, 6) is -3.49. The zero-order valence-corrected chi connectivity index (χ0v) is 22.0. The molecule has 3 N–H and O–H groups in total. The maximum Gasteiger partial charge on any atom is 0.459 e. The third-order valence-electron chi connectivity index (χ3n) is 6.98. The van der Waals surface area contributed by atoms with Crippen molar-refractivity contribution in [2.75, 3.05) is 17.2 Å². The predicted molar refractivity (Wildman–Crippen MR) is 149 cm³/mol. The average Bonchev–Trinajstić information content (AvgIpc) is 3.35. The van der Waals surface area contributed by atoms with Gasteiger partial charge in [-0.05, 0) is 49.3 Å². The Hall–Kier alpha value is -4.94. The molecule has 1 fully saturated rings. The number of fused-ring (bicyclic) bond motifs is 1. The Morgan fingerprint density at radius 3 is 2.48 bits per heavy atom. The average molecular weight is 581 g/mol. The first-order valence-electron chi connectivity index (χ1n) is 13.1. The number of nitrogens with zero attached hydrogens (tertiary/aromatic N) is 6. The van der Waals surface area contributed by atoms with E-state index >= 15 is 0 Å². The number of imidazole rings is 1. The van der Waals surface area contributed by atoms with Crippen LogP contribution in [0.2, 0.25) is 0 Å². The summed E-state index contributed by atoms with van der Waals surface area (Å²) in [6.45, 7) is 0.397. The molecule has 3 aromatic heterocycles. The number of nitrogens with one attached hydrogen (secondary N) is 1. The minimum atomic E-state index is -5.70. The number of benzene rings is 2. The van der Waals surface area contributed by atoms with Gasteiger partial charge in [0.15, 0.2) is 5.82 Å². The Kier molecular flexibility index (Phi) is 6.79. The molecule has 8 nitrogen and oxygen atoms in total. The van der Waals surface area contributed by atoms with E-state index in [1.54, 1.807) is 24.7 Å². The first-order chi connectivity index (χ1) is 20.1. The number of nitrogen functional groups attached to an aromatic ring is 1. The van der Waals surface area contributed by atoms with Crippen LogP contribution in [-0.4, -0.2) is 42.0 Å². The molecule has 7 rings (SSSR count). The first kappa shape index (κ1) is 27.2. The highest BCUT2D eigenvalue weighted by atomic mass is 19.4. The number of allylic oxidation sites excluding steroid dienone is 2. The van der Waals surface area contributed by atoms with Gasteiger partial charge in [-0.25, -0.2) is 4.98 Å². The molecular formula is C29H25F5N8. The van der Waals surface area contributed by atoms with Crippen LogP contribution in [0, 0.1) is 0 Å². The fourth-order valence-corrected chi connectivity index (χ4v) is 4.63. The maximum atomic E-state index is 13.5. The van der Waals surface area contributed by atoms with E-state index in [2.05, 4.69) is 24.7 Å². The summed E-state index contributed by atoms with van der Waals surface area (Å²) in [5.41, 5.74) is 7.54. The Balaban J connectivity index is 0.000000265. The number of nitrogens with two attached hydrogens (primary N) is 1. The number of hydrogen-bond acceptors (Lipinski definition) is 5. The second-order valence-electron chi connectivity index (χ2n) is 9.99. The van der Waals surface area contributed by atoms with Crippen molar-refractivity contribution in [2.45, 2.75) is 31.0 Å². The molecule has 5 aromatic rings. The lowest BCUT2D eigenvalue weighted by molar-refractivity contribution is -0.290. The number of anilines is 2. The molecule has 0 bridgehead atoms. The van der Waals surface area contributed by atoms with Crippen LogP contribution in [0.15, 0.2) is 91.8 Å². The number of para-hydroxylation sites is 1. The van der Waals surface area contributed by atoms with Gasteiger partial charge in [-0.3, -0.25) is 0 Å². The van der Waals surface area contributed by atoms with Gasteiger partial charge in [-0.15, -0.1) is 10.2 Å². The van der Waals surface area contributed by atoms with Gasteiger partial charge < -0.3 is 24.8 Å². The highest BCUT2D eigenvalue weighted by molar-refractivity contribution is 5.83. The number of H-pyrrole nitrogens is 1. The molecule has 1 aliphatic carbocycles. The van der Waals surface area contributed by atoms with Crippen molar-refractivity contribution >= 4 is 28.1 Å². The van der Waals surface area contributed by atoms with Crippen molar-refractivity contribution in [3.8, 4) is 11.4 Å². The van der Waals surface area contributed by atoms with E-state index in [9.17, 15) is 22.0 Å². The molecule has 2 aliphatic rings. The van der Waals surface area contributed by atoms with Crippen molar-refractivity contribution in [1.29, 1.82) is 0 Å². The minimum Gasteiger partial charge on any atom is -0.385 e. The van der Waals surface area contributed by atoms with Gasteiger partial charge in [0.2, 0.25) is 0 Å². The number of rotatable bonds is 5. The Morgan fingerprint density at radius 1 is 0.952 bits per heavy atom. The van der Waals surface area contributed by atoms with Crippen LogP contribution in [0.3, 0.4) is 0 Å². The second-order valence-corrected chi connectivity index (χ2v) is 9.99. The van der Waals surface area contributed by atoms with Gasteiger partial charge in [0.05, 0.1) is 6.33 Å². The Labute approximate surface area is 236 Å². The Bertz CT molecular complexity index is 1740. The molecule has 2 aromatic carbocycles. The van der Waals surface area contributed by atoms with Gasteiger partial charge in [-0.2, -0.15) is 22.0 Å². The molecule has 1 aliphatic heterocycles. The number of hydrogen-bond donors (Lipinski definition) is 2. The first-order valence-corrected chi connectivity index (χ1v) is 13.1. The summed E-state index contributed by atoms with van der Waals surface area (Å²) in [7, 11) is 0. The van der Waals surface area contributed by atoms with E-state index in [-0.39, 0.29) is 0 Å². The van der Waals surface area contributed by atoms with Crippen molar-refractivity contribution < 1.29 is 22.0 Å². The lowest BCUT2D eigenvalue weighted by Gasteiger charge is -2.23. The molecule has 0 saturated heterocycles. The van der Waals surface area contributed by atoms with Crippen molar-refractivity contribution in [2.24, 2.45) is 0 Å². The molecule has 0 spiro atoms. The summed E-state index contributed by atoms with van der Waals surface area (Å²) < 4.78 is 67.9. The van der Waals surface area contributed by atoms with Gasteiger partial charge in [0, 0.05) is 52.8 Å². The topological polar surface area (TPSA) is 93.6 Å². The van der Waals surface area contributed by atoms with Crippen molar-refractivity contribution in [3.05, 3.63) is 97.5 Å². The van der Waals surface area contributed by atoms with Crippen LogP contribution < -0.4 is 10.6 Å². The number of alkyl halides is 5. The highest BCUT2D eigenvalue weighted by Crippen LogP contribution is 2.43. The van der Waals surface area contributed by atoms with Crippen LogP contribution in [0.4, 0.5) is 33.5 Å². The largest absolute Gasteiger partial charge is 0.459 e. The van der Waals surface area contributed by atoms with E-state index in [1.165, 1.54) is 5.39 Å². The lowest BCUT2D eigenvalue weighted by Crippen LogP contribution is -2.34. The summed E-state index contributed by atoms with van der Waals surface area (Å²) >= 11 is 0. The summed E-state index contributed by atoms with van der Waals surface area (Å²) in [4.78, 5) is 8.22. The van der Waals surface area contributed by atoms with E-state index < -0.39 is 17.8 Å². The van der Waals surface area contributed by atoms with Gasteiger partial charge in [0.25, 0.3) is 0 Å². The summed E-state index contributed by atoms with van der Waals surface area (Å²) in [5, 5.41) is 9.43. The molecule has 0 amide bonds. The lowest BCUT2D eigenvalue weighted by atomic mass is 10.1. The van der Waals surface area contributed by atoms with Crippen LogP contribution in [-0.2, 0) is 5.92 Å². The molecule has 1 saturated carbocycles. The Morgan fingerprint density at radius 2 is 1.76 bits per heavy atom. The quantitative estimate of drug-likeness (QED) is 0.224. The van der Waals surface area contributed by atoms with Crippen LogP contribution in [0.5, 0.6) is 0 Å². The molecule has 0 atom stereocenters. The third kappa shape index (κ3) is 5.37. The monoisotopic (exact) mass is 580 g/mol. The van der Waals surface area contributed by atoms with Crippen molar-refractivity contribution in [1.82, 2.24) is 29.3 Å². The number of aromatic nitrogens is 6. The van der Waals surface area contributed by atoms with E-state index in [4.69, 9.17) is 5.73 Å². The standard InChI is InChI=1S/C21H17F5N6.C8H8N2/c22-20(23,21(24,25)26)18-11-31(12-27-18)15-6-8-30(9-7-15)17-3-1-2-14(10-17)19-29-28-13-32(19)16-4-5-16;9-8-5-6-3-1-2-4-7(6)10-8/h1-3,6-8,10-13,16H,4-5,9H2;1-5,10H,9H2. The van der Waals surface area contributed by atoms with Gasteiger partial charge >= 0.3 is 12.1 Å². The van der Waals surface area contributed by atoms with Gasteiger partial charge in [-0.1, -0.05) is 30.3 Å². The SMILES string of the molecule is FC(F)(F)C(F)(F)c1cn(C2=CCN(c3cccc(-c4nncn4C4CC4)c3)C=C2)cn1.Nc1cc2ccccc2[nH]1. The van der Waals surface area contributed by atoms with E-state index in [0.717, 1.165) is 52.1 Å². The zero-order valence-electron chi connectivity index (χ0n) is 22.0. The second kappa shape index (κ2) is 10.5. The molecule has 4 heterocycles. The van der Waals surface area contributed by atoms with Crippen LogP contribution in [0.25, 0.3) is 28.0 Å². The normalized spacial score (nSPS) is 15.5. The van der Waals surface area contributed by atoms with Crippen LogP contribution >= 0.6 is 0 Å². The zero-order chi connectivity index (χ0) is 29.5. The predicted octanol–water partition coefficient (Wildman–Crippen LogP) is 6.76. The molecule has 42 heavy (non-hydrogen) atoms. The fourth-order valence-electron chi connectivity index (χ4n) is 4.63. The van der Waals surface area contributed by atoms with E-state index in [0.29, 0.717) is 24.5 Å². The van der Waals surface area contributed by atoms with Gasteiger partial charge in [0.1, 0.15) is 17.8 Å². The van der Waals surface area contributed by atoms with Crippen LogP contribution in [0.1, 0.15) is 24.6 Å². The highest BCUT2D eigenvalue weighted by Gasteiger charge is 2.60. The number of aromatic amines is 1. The van der Waals surface area contributed by atoms with Crippen molar-refractivity contribution in [3.63, 3.8) is 0 Å². The molecule has 216 valence electrons. The molecule has 0 unspecified atom stereocenters. The fraction of sp³-hybridized carbons (Fsp3) is 0.207. The number of halogens is 5. The maximum absolute atomic E-state index is 13.5. The molecule has 13 heteroatoms. The molecular weight excluding hydrogens is 555 g/mol. The summed E-state index contributed by atoms with van der Waals surface area (Å²) in [6, 6.07) is 18.1. The third-order valence-corrected chi connectivity index (χ3v) is 6.98.